The molecular formula is C12H24N2O3. The van der Waals surface area contributed by atoms with Crippen molar-refractivity contribution in [2.24, 2.45) is 0 Å². The van der Waals surface area contributed by atoms with Crippen LogP contribution in [0.25, 0.3) is 0 Å². The highest BCUT2D eigenvalue weighted by atomic mass is 16.4. The maximum Gasteiger partial charge on any atom is 0.326 e. The summed E-state index contributed by atoms with van der Waals surface area (Å²) >= 11 is 0. The summed E-state index contributed by atoms with van der Waals surface area (Å²) in [6.07, 6.45) is 0.692. The lowest BCUT2D eigenvalue weighted by Crippen LogP contribution is -2.51. The van der Waals surface area contributed by atoms with Crippen LogP contribution in [-0.2, 0) is 9.59 Å². The van der Waals surface area contributed by atoms with Crippen molar-refractivity contribution in [3.05, 3.63) is 0 Å². The molecule has 0 rings (SSSR count). The average molecular weight is 244 g/mol. The highest BCUT2D eigenvalue weighted by molar-refractivity contribution is 5.86. The SMILES string of the molecule is CCC(C(=O)N(C)C(C)C(=O)O)N(CC)CC. The molecule has 17 heavy (non-hydrogen) atoms. The van der Waals surface area contributed by atoms with E-state index in [-0.39, 0.29) is 11.9 Å². The minimum atomic E-state index is -0.977. The van der Waals surface area contributed by atoms with Crippen molar-refractivity contribution in [3.8, 4) is 0 Å². The molecule has 0 aliphatic carbocycles. The largest absolute Gasteiger partial charge is 0.480 e. The van der Waals surface area contributed by atoms with E-state index in [4.69, 9.17) is 5.11 Å². The third-order valence-electron chi connectivity index (χ3n) is 3.21. The zero-order valence-corrected chi connectivity index (χ0v) is 11.4. The van der Waals surface area contributed by atoms with Gasteiger partial charge in [0.25, 0.3) is 0 Å². The van der Waals surface area contributed by atoms with E-state index < -0.39 is 12.0 Å². The Labute approximate surface area is 103 Å². The lowest BCUT2D eigenvalue weighted by atomic mass is 10.1. The maximum atomic E-state index is 12.2. The van der Waals surface area contributed by atoms with Gasteiger partial charge in [-0.15, -0.1) is 0 Å². The summed E-state index contributed by atoms with van der Waals surface area (Å²) in [5.41, 5.74) is 0. The number of hydrogen-bond acceptors (Lipinski definition) is 3. The van der Waals surface area contributed by atoms with Gasteiger partial charge in [0.1, 0.15) is 6.04 Å². The molecular weight excluding hydrogens is 220 g/mol. The van der Waals surface area contributed by atoms with Crippen LogP contribution < -0.4 is 0 Å². The Balaban J connectivity index is 4.80. The van der Waals surface area contributed by atoms with Gasteiger partial charge in [0, 0.05) is 7.05 Å². The van der Waals surface area contributed by atoms with Gasteiger partial charge in [0.2, 0.25) is 5.91 Å². The van der Waals surface area contributed by atoms with E-state index in [0.29, 0.717) is 6.42 Å². The highest BCUT2D eigenvalue weighted by Crippen LogP contribution is 2.09. The number of carboxylic acids is 1. The Morgan fingerprint density at radius 1 is 1.18 bits per heavy atom. The Hall–Kier alpha value is -1.10. The zero-order valence-electron chi connectivity index (χ0n) is 11.4. The molecule has 2 unspecified atom stereocenters. The molecule has 5 heteroatoms. The summed E-state index contributed by atoms with van der Waals surface area (Å²) in [5.74, 6) is -1.10. The van der Waals surface area contributed by atoms with Gasteiger partial charge >= 0.3 is 5.97 Å². The van der Waals surface area contributed by atoms with Gasteiger partial charge in [0.15, 0.2) is 0 Å². The average Bonchev–Trinajstić information content (AvgIpc) is 2.32. The van der Waals surface area contributed by atoms with Gasteiger partial charge < -0.3 is 10.0 Å². The molecule has 0 spiro atoms. The van der Waals surface area contributed by atoms with Crippen LogP contribution in [0.3, 0.4) is 0 Å². The molecule has 0 aliphatic heterocycles. The van der Waals surface area contributed by atoms with Crippen molar-refractivity contribution in [2.75, 3.05) is 20.1 Å². The van der Waals surface area contributed by atoms with Gasteiger partial charge in [-0.05, 0) is 26.4 Å². The van der Waals surface area contributed by atoms with Crippen molar-refractivity contribution < 1.29 is 14.7 Å². The van der Waals surface area contributed by atoms with Gasteiger partial charge in [-0.3, -0.25) is 9.69 Å². The quantitative estimate of drug-likeness (QED) is 0.727. The molecule has 0 aliphatic rings. The van der Waals surface area contributed by atoms with Crippen LogP contribution in [0.15, 0.2) is 0 Å². The number of hydrogen-bond donors (Lipinski definition) is 1. The van der Waals surface area contributed by atoms with E-state index in [1.54, 1.807) is 7.05 Å². The Bertz CT molecular complexity index is 264. The summed E-state index contributed by atoms with van der Waals surface area (Å²) in [6, 6.07) is -1.01. The van der Waals surface area contributed by atoms with Crippen molar-refractivity contribution in [1.29, 1.82) is 0 Å². The number of carbonyl (C=O) groups is 2. The minimum Gasteiger partial charge on any atom is -0.480 e. The molecule has 0 aromatic rings. The van der Waals surface area contributed by atoms with E-state index in [1.807, 2.05) is 25.7 Å². The number of aliphatic carboxylic acids is 1. The van der Waals surface area contributed by atoms with Crippen molar-refractivity contribution in [3.63, 3.8) is 0 Å². The van der Waals surface area contributed by atoms with Crippen LogP contribution >= 0.6 is 0 Å². The van der Waals surface area contributed by atoms with E-state index in [9.17, 15) is 9.59 Å². The summed E-state index contributed by atoms with van der Waals surface area (Å²) < 4.78 is 0. The number of rotatable bonds is 7. The van der Waals surface area contributed by atoms with Crippen LogP contribution in [0.1, 0.15) is 34.1 Å². The molecule has 0 aromatic heterocycles. The van der Waals surface area contributed by atoms with Gasteiger partial charge in [0.05, 0.1) is 6.04 Å². The minimum absolute atomic E-state index is 0.119. The lowest BCUT2D eigenvalue weighted by Gasteiger charge is -2.32. The van der Waals surface area contributed by atoms with Crippen LogP contribution in [0.5, 0.6) is 0 Å². The van der Waals surface area contributed by atoms with E-state index in [1.165, 1.54) is 11.8 Å². The lowest BCUT2D eigenvalue weighted by molar-refractivity contribution is -0.150. The first kappa shape index (κ1) is 15.9. The van der Waals surface area contributed by atoms with Gasteiger partial charge in [-0.2, -0.15) is 0 Å². The van der Waals surface area contributed by atoms with E-state index in [0.717, 1.165) is 13.1 Å². The second kappa shape index (κ2) is 7.27. The molecule has 0 saturated heterocycles. The summed E-state index contributed by atoms with van der Waals surface area (Å²) in [4.78, 5) is 26.4. The topological polar surface area (TPSA) is 60.9 Å². The Morgan fingerprint density at radius 2 is 1.65 bits per heavy atom. The molecule has 0 heterocycles. The number of carbonyl (C=O) groups excluding carboxylic acids is 1. The van der Waals surface area contributed by atoms with Crippen LogP contribution in [0, 0.1) is 0 Å². The summed E-state index contributed by atoms with van der Waals surface area (Å²) in [7, 11) is 1.55. The molecule has 100 valence electrons. The summed E-state index contributed by atoms with van der Waals surface area (Å²) in [6.45, 7) is 9.04. The fraction of sp³-hybridized carbons (Fsp3) is 0.833. The Kier molecular flexibility index (Phi) is 6.80. The van der Waals surface area contributed by atoms with Crippen LogP contribution in [-0.4, -0.2) is 59.0 Å². The molecule has 0 fully saturated rings. The second-order valence-electron chi connectivity index (χ2n) is 4.11. The molecule has 0 radical (unpaired) electrons. The van der Waals surface area contributed by atoms with Crippen molar-refractivity contribution >= 4 is 11.9 Å². The maximum absolute atomic E-state index is 12.2. The Morgan fingerprint density at radius 3 is 1.94 bits per heavy atom. The number of amides is 1. The zero-order chi connectivity index (χ0) is 13.6. The first-order valence-electron chi connectivity index (χ1n) is 6.14. The first-order valence-corrected chi connectivity index (χ1v) is 6.14. The molecule has 0 bridgehead atoms. The number of nitrogens with zero attached hydrogens (tertiary/aromatic N) is 2. The molecule has 2 atom stereocenters. The van der Waals surface area contributed by atoms with Crippen molar-refractivity contribution in [2.45, 2.75) is 46.2 Å². The number of carboxylic acid groups (broad SMARTS) is 1. The monoisotopic (exact) mass is 244 g/mol. The molecule has 0 saturated carbocycles. The smallest absolute Gasteiger partial charge is 0.326 e. The third kappa shape index (κ3) is 4.00. The molecule has 5 nitrogen and oxygen atoms in total. The fourth-order valence-electron chi connectivity index (χ4n) is 1.84. The van der Waals surface area contributed by atoms with Crippen LogP contribution in [0.2, 0.25) is 0 Å². The highest BCUT2D eigenvalue weighted by Gasteiger charge is 2.29. The predicted molar refractivity (Wildman–Crippen MR) is 66.9 cm³/mol. The molecule has 0 aromatic carbocycles. The van der Waals surface area contributed by atoms with Crippen LogP contribution in [0.4, 0.5) is 0 Å². The van der Waals surface area contributed by atoms with Crippen molar-refractivity contribution in [1.82, 2.24) is 9.80 Å². The first-order chi connectivity index (χ1) is 7.90. The molecule has 1 amide bonds. The standard InChI is InChI=1S/C12H24N2O3/c1-6-10(14(7-2)8-3)11(15)13(5)9(4)12(16)17/h9-10H,6-8H2,1-5H3,(H,16,17). The second-order valence-corrected chi connectivity index (χ2v) is 4.11. The third-order valence-corrected chi connectivity index (χ3v) is 3.21. The molecule has 1 N–H and O–H groups in total. The number of likely N-dealkylation sites (N-methyl/N-ethyl adjacent to an activating group) is 2. The van der Waals surface area contributed by atoms with Gasteiger partial charge in [-0.25, -0.2) is 4.79 Å². The van der Waals surface area contributed by atoms with E-state index in [2.05, 4.69) is 0 Å². The normalized spacial score (nSPS) is 14.5. The van der Waals surface area contributed by atoms with Gasteiger partial charge in [-0.1, -0.05) is 20.8 Å². The predicted octanol–water partition coefficient (Wildman–Crippen LogP) is 1.04. The van der Waals surface area contributed by atoms with E-state index >= 15 is 0 Å². The summed E-state index contributed by atoms with van der Waals surface area (Å²) in [5, 5.41) is 8.90. The fourth-order valence-corrected chi connectivity index (χ4v) is 1.84.